The lowest BCUT2D eigenvalue weighted by molar-refractivity contribution is 0.102. The number of rotatable bonds is 7. The molecule has 0 aliphatic carbocycles. The minimum Gasteiger partial charge on any atom is -0.488 e. The van der Waals surface area contributed by atoms with Crippen molar-refractivity contribution in [1.82, 2.24) is 0 Å². The fourth-order valence-corrected chi connectivity index (χ4v) is 2.68. The van der Waals surface area contributed by atoms with Crippen molar-refractivity contribution in [1.29, 1.82) is 0 Å². The molecule has 2 rings (SSSR count). The van der Waals surface area contributed by atoms with E-state index < -0.39 is 0 Å². The van der Waals surface area contributed by atoms with Crippen LogP contribution in [-0.4, -0.2) is 24.9 Å². The summed E-state index contributed by atoms with van der Waals surface area (Å²) >= 11 is 6.28. The summed E-state index contributed by atoms with van der Waals surface area (Å²) in [7, 11) is 0. The van der Waals surface area contributed by atoms with Crippen LogP contribution in [0, 0.1) is 6.92 Å². The number of nitrogens with one attached hydrogen (secondary N) is 1. The van der Waals surface area contributed by atoms with Crippen LogP contribution >= 0.6 is 11.6 Å². The van der Waals surface area contributed by atoms with Gasteiger partial charge in [-0.1, -0.05) is 11.6 Å². The Kier molecular flexibility index (Phi) is 6.64. The molecule has 2 aromatic rings. The second-order valence-electron chi connectivity index (χ2n) is 6.03. The molecule has 0 aliphatic rings. The molecule has 0 saturated heterocycles. The Hall–Kier alpha value is -2.53. The highest BCUT2D eigenvalue weighted by molar-refractivity contribution is 6.32. The van der Waals surface area contributed by atoms with E-state index in [9.17, 15) is 9.59 Å². The van der Waals surface area contributed by atoms with Gasteiger partial charge in [-0.25, -0.2) is 0 Å². The van der Waals surface area contributed by atoms with Crippen molar-refractivity contribution < 1.29 is 19.1 Å². The maximum absolute atomic E-state index is 12.6. The van der Waals surface area contributed by atoms with Crippen LogP contribution in [0.1, 0.15) is 47.1 Å². The zero-order chi connectivity index (χ0) is 19.3. The van der Waals surface area contributed by atoms with Crippen molar-refractivity contribution in [2.24, 2.45) is 0 Å². The Morgan fingerprint density at radius 1 is 1.27 bits per heavy atom. The van der Waals surface area contributed by atoms with Gasteiger partial charge >= 0.3 is 0 Å². The van der Waals surface area contributed by atoms with Gasteiger partial charge in [0.15, 0.2) is 11.5 Å². The Bertz CT molecular complexity index is 818. The normalized spacial score (nSPS) is 10.5. The van der Waals surface area contributed by atoms with Crippen LogP contribution in [0.5, 0.6) is 11.5 Å². The number of anilines is 1. The standard InChI is InChI=1S/C20H22ClNO4/c1-5-25-19-17(21)9-15(10-18(19)26-12(2)3)20(24)22-16-7-6-14(11-23)13(4)8-16/h6-12H,5H2,1-4H3,(H,22,24). The topological polar surface area (TPSA) is 64.6 Å². The van der Waals surface area contributed by atoms with Crippen molar-refractivity contribution in [2.75, 3.05) is 11.9 Å². The lowest BCUT2D eigenvalue weighted by Crippen LogP contribution is -2.14. The minimum atomic E-state index is -0.332. The van der Waals surface area contributed by atoms with Gasteiger partial charge in [0.05, 0.1) is 17.7 Å². The molecule has 0 aliphatic heterocycles. The second kappa shape index (κ2) is 8.72. The Labute approximate surface area is 158 Å². The van der Waals surface area contributed by atoms with Crippen LogP contribution in [-0.2, 0) is 0 Å². The molecule has 5 nitrogen and oxygen atoms in total. The largest absolute Gasteiger partial charge is 0.488 e. The van der Waals surface area contributed by atoms with Crippen LogP contribution in [0.3, 0.4) is 0 Å². The first-order valence-electron chi connectivity index (χ1n) is 8.35. The molecule has 26 heavy (non-hydrogen) atoms. The summed E-state index contributed by atoms with van der Waals surface area (Å²) in [5.41, 5.74) is 2.31. The van der Waals surface area contributed by atoms with E-state index in [-0.39, 0.29) is 12.0 Å². The quantitative estimate of drug-likeness (QED) is 0.699. The van der Waals surface area contributed by atoms with Crippen LogP contribution in [0.25, 0.3) is 0 Å². The molecule has 0 heterocycles. The molecule has 2 aromatic carbocycles. The van der Waals surface area contributed by atoms with Gasteiger partial charge in [0.1, 0.15) is 6.29 Å². The molecule has 1 amide bonds. The molecule has 0 atom stereocenters. The third-order valence-corrected chi connectivity index (χ3v) is 3.86. The van der Waals surface area contributed by atoms with Gasteiger partial charge in [-0.3, -0.25) is 9.59 Å². The van der Waals surface area contributed by atoms with Crippen molar-refractivity contribution in [2.45, 2.75) is 33.8 Å². The Morgan fingerprint density at radius 2 is 2.00 bits per heavy atom. The average Bonchev–Trinajstić information content (AvgIpc) is 2.57. The molecule has 0 saturated carbocycles. The SMILES string of the molecule is CCOc1c(Cl)cc(C(=O)Nc2ccc(C=O)c(C)c2)cc1OC(C)C. The van der Waals surface area contributed by atoms with E-state index >= 15 is 0 Å². The summed E-state index contributed by atoms with van der Waals surface area (Å²) in [6.45, 7) is 7.85. The molecule has 0 fully saturated rings. The lowest BCUT2D eigenvalue weighted by atomic mass is 10.1. The van der Waals surface area contributed by atoms with E-state index in [0.717, 1.165) is 11.8 Å². The molecule has 0 radical (unpaired) electrons. The molecular weight excluding hydrogens is 354 g/mol. The summed E-state index contributed by atoms with van der Waals surface area (Å²) < 4.78 is 11.3. The maximum Gasteiger partial charge on any atom is 0.255 e. The highest BCUT2D eigenvalue weighted by Gasteiger charge is 2.17. The van der Waals surface area contributed by atoms with Gasteiger partial charge in [0.2, 0.25) is 0 Å². The molecule has 0 unspecified atom stereocenters. The number of amides is 1. The zero-order valence-electron chi connectivity index (χ0n) is 15.3. The third-order valence-electron chi connectivity index (χ3n) is 3.58. The number of aldehydes is 1. The fraction of sp³-hybridized carbons (Fsp3) is 0.300. The van der Waals surface area contributed by atoms with Gasteiger partial charge in [-0.15, -0.1) is 0 Å². The predicted molar refractivity (Wildman–Crippen MR) is 103 cm³/mol. The number of aryl methyl sites for hydroxylation is 1. The first-order valence-corrected chi connectivity index (χ1v) is 8.73. The van der Waals surface area contributed by atoms with E-state index in [0.29, 0.717) is 39.9 Å². The van der Waals surface area contributed by atoms with Gasteiger partial charge in [0, 0.05) is 16.8 Å². The number of benzene rings is 2. The number of hydrogen-bond acceptors (Lipinski definition) is 4. The molecule has 6 heteroatoms. The maximum atomic E-state index is 12.6. The van der Waals surface area contributed by atoms with Gasteiger partial charge in [0.25, 0.3) is 5.91 Å². The van der Waals surface area contributed by atoms with Crippen molar-refractivity contribution >= 4 is 29.5 Å². The highest BCUT2D eigenvalue weighted by Crippen LogP contribution is 2.37. The minimum absolute atomic E-state index is 0.0953. The fourth-order valence-electron chi connectivity index (χ4n) is 2.41. The monoisotopic (exact) mass is 375 g/mol. The summed E-state index contributed by atoms with van der Waals surface area (Å²) in [4.78, 5) is 23.5. The molecule has 0 bridgehead atoms. The molecule has 0 spiro atoms. The lowest BCUT2D eigenvalue weighted by Gasteiger charge is -2.17. The van der Waals surface area contributed by atoms with Crippen LogP contribution in [0.2, 0.25) is 5.02 Å². The number of carbonyl (C=O) groups excluding carboxylic acids is 2. The Balaban J connectivity index is 2.31. The number of ether oxygens (including phenoxy) is 2. The van der Waals surface area contributed by atoms with Crippen molar-refractivity contribution in [3.05, 3.63) is 52.0 Å². The first kappa shape index (κ1) is 19.8. The van der Waals surface area contributed by atoms with E-state index in [1.807, 2.05) is 27.7 Å². The van der Waals surface area contributed by atoms with E-state index in [2.05, 4.69) is 5.32 Å². The zero-order valence-corrected chi connectivity index (χ0v) is 16.0. The summed E-state index contributed by atoms with van der Waals surface area (Å²) in [6.07, 6.45) is 0.685. The van der Waals surface area contributed by atoms with Crippen molar-refractivity contribution in [3.8, 4) is 11.5 Å². The summed E-state index contributed by atoms with van der Waals surface area (Å²) in [6, 6.07) is 8.23. The van der Waals surface area contributed by atoms with Crippen LogP contribution < -0.4 is 14.8 Å². The van der Waals surface area contributed by atoms with E-state index in [4.69, 9.17) is 21.1 Å². The first-order chi connectivity index (χ1) is 12.3. The van der Waals surface area contributed by atoms with Gasteiger partial charge in [-0.2, -0.15) is 0 Å². The second-order valence-corrected chi connectivity index (χ2v) is 6.44. The average molecular weight is 376 g/mol. The van der Waals surface area contributed by atoms with Gasteiger partial charge in [-0.05, 0) is 63.6 Å². The Morgan fingerprint density at radius 3 is 2.58 bits per heavy atom. The molecule has 138 valence electrons. The van der Waals surface area contributed by atoms with Crippen LogP contribution in [0.15, 0.2) is 30.3 Å². The van der Waals surface area contributed by atoms with Gasteiger partial charge < -0.3 is 14.8 Å². The summed E-state index contributed by atoms with van der Waals surface area (Å²) in [5.74, 6) is 0.513. The number of carbonyl (C=O) groups is 2. The van der Waals surface area contributed by atoms with Crippen LogP contribution in [0.4, 0.5) is 5.69 Å². The van der Waals surface area contributed by atoms with E-state index in [1.54, 1.807) is 30.3 Å². The van der Waals surface area contributed by atoms with E-state index in [1.165, 1.54) is 0 Å². The summed E-state index contributed by atoms with van der Waals surface area (Å²) in [5, 5.41) is 3.11. The number of halogens is 1. The predicted octanol–water partition coefficient (Wildman–Crippen LogP) is 4.90. The highest BCUT2D eigenvalue weighted by atomic mass is 35.5. The smallest absolute Gasteiger partial charge is 0.255 e. The molecular formula is C20H22ClNO4. The van der Waals surface area contributed by atoms with Crippen molar-refractivity contribution in [3.63, 3.8) is 0 Å². The molecule has 0 aromatic heterocycles. The third kappa shape index (κ3) is 4.76. The molecule has 1 N–H and O–H groups in total. The number of hydrogen-bond donors (Lipinski definition) is 1.